The van der Waals surface area contributed by atoms with Gasteiger partial charge in [-0.15, -0.1) is 0 Å². The third kappa shape index (κ3) is 2.64. The van der Waals surface area contributed by atoms with Crippen molar-refractivity contribution in [2.75, 3.05) is 0 Å². The lowest BCUT2D eigenvalue weighted by molar-refractivity contribution is 0.881. The molecule has 1 aromatic rings. The van der Waals surface area contributed by atoms with Gasteiger partial charge in [-0.3, -0.25) is 0 Å². The fourth-order valence-corrected chi connectivity index (χ4v) is 0.841. The molecule has 0 saturated carbocycles. The minimum absolute atomic E-state index is 0.474. The van der Waals surface area contributed by atoms with Crippen LogP contribution in [-0.2, 0) is 6.42 Å². The summed E-state index contributed by atoms with van der Waals surface area (Å²) in [5.74, 6) is 0.717. The van der Waals surface area contributed by atoms with E-state index in [1.54, 1.807) is 12.4 Å². The average Bonchev–Trinajstić information content (AvgIpc) is 2.04. The molecule has 0 aliphatic heterocycles. The Morgan fingerprint density at radius 3 is 2.64 bits per heavy atom. The van der Waals surface area contributed by atoms with Crippen LogP contribution in [0, 0.1) is 11.3 Å². The maximum atomic E-state index is 8.27. The molecule has 56 valence electrons. The normalized spacial score (nSPS) is 9.09. The first-order valence-corrected chi connectivity index (χ1v) is 3.95. The molecule has 11 heavy (non-hydrogen) atoms. The number of aromatic nitrogens is 2. The standard InChI is InChI=1S/C7H6BrN3/c8-6-4-10-7(11-5-6)2-1-3-9/h4-5H,1-2H2. The van der Waals surface area contributed by atoms with Gasteiger partial charge < -0.3 is 0 Å². The van der Waals surface area contributed by atoms with E-state index in [9.17, 15) is 0 Å². The van der Waals surface area contributed by atoms with E-state index in [-0.39, 0.29) is 0 Å². The molecule has 0 N–H and O–H groups in total. The monoisotopic (exact) mass is 211 g/mol. The summed E-state index contributed by atoms with van der Waals surface area (Å²) in [5.41, 5.74) is 0. The van der Waals surface area contributed by atoms with Crippen molar-refractivity contribution in [2.45, 2.75) is 12.8 Å². The maximum Gasteiger partial charge on any atom is 0.129 e. The second-order valence-electron chi connectivity index (χ2n) is 1.98. The molecule has 0 radical (unpaired) electrons. The third-order valence-corrected chi connectivity index (χ3v) is 1.54. The third-order valence-electron chi connectivity index (χ3n) is 1.13. The highest BCUT2D eigenvalue weighted by Crippen LogP contribution is 2.04. The molecule has 0 unspecified atom stereocenters. The van der Waals surface area contributed by atoms with Crippen LogP contribution in [0.4, 0.5) is 0 Å². The van der Waals surface area contributed by atoms with E-state index in [0.717, 1.165) is 10.3 Å². The van der Waals surface area contributed by atoms with Crippen LogP contribution >= 0.6 is 15.9 Å². The fourth-order valence-electron chi connectivity index (χ4n) is 0.636. The van der Waals surface area contributed by atoms with Gasteiger partial charge in [0, 0.05) is 25.2 Å². The molecule has 0 fully saturated rings. The molecule has 1 heterocycles. The van der Waals surface area contributed by atoms with E-state index in [2.05, 4.69) is 25.9 Å². The van der Waals surface area contributed by atoms with Gasteiger partial charge in [0.05, 0.1) is 10.5 Å². The van der Waals surface area contributed by atoms with Crippen LogP contribution < -0.4 is 0 Å². The minimum atomic E-state index is 0.474. The molecule has 0 aromatic carbocycles. The fraction of sp³-hybridized carbons (Fsp3) is 0.286. The van der Waals surface area contributed by atoms with Crippen LogP contribution in [-0.4, -0.2) is 9.97 Å². The lowest BCUT2D eigenvalue weighted by atomic mass is 10.3. The Morgan fingerprint density at radius 2 is 2.09 bits per heavy atom. The minimum Gasteiger partial charge on any atom is -0.240 e. The van der Waals surface area contributed by atoms with Crippen molar-refractivity contribution in [3.63, 3.8) is 0 Å². The summed E-state index contributed by atoms with van der Waals surface area (Å²) in [6.07, 6.45) is 4.46. The molecule has 0 bridgehead atoms. The van der Waals surface area contributed by atoms with Crippen LogP contribution in [0.15, 0.2) is 16.9 Å². The molecule has 0 atom stereocenters. The van der Waals surface area contributed by atoms with Gasteiger partial charge in [-0.1, -0.05) is 0 Å². The molecule has 3 nitrogen and oxygen atoms in total. The predicted octanol–water partition coefficient (Wildman–Crippen LogP) is 1.70. The van der Waals surface area contributed by atoms with E-state index in [4.69, 9.17) is 5.26 Å². The Labute approximate surface area is 73.2 Å². The van der Waals surface area contributed by atoms with E-state index in [0.29, 0.717) is 12.8 Å². The lowest BCUT2D eigenvalue weighted by Gasteiger charge is -1.93. The lowest BCUT2D eigenvalue weighted by Crippen LogP contribution is -1.92. The maximum absolute atomic E-state index is 8.27. The van der Waals surface area contributed by atoms with Crippen LogP contribution in [0.3, 0.4) is 0 Å². The van der Waals surface area contributed by atoms with Crippen molar-refractivity contribution < 1.29 is 0 Å². The highest BCUT2D eigenvalue weighted by Gasteiger charge is 1.94. The van der Waals surface area contributed by atoms with E-state index < -0.39 is 0 Å². The zero-order chi connectivity index (χ0) is 8.10. The highest BCUT2D eigenvalue weighted by molar-refractivity contribution is 9.10. The Hall–Kier alpha value is -0.950. The summed E-state index contributed by atoms with van der Waals surface area (Å²) in [7, 11) is 0. The molecule has 0 saturated heterocycles. The zero-order valence-electron chi connectivity index (χ0n) is 5.79. The summed E-state index contributed by atoms with van der Waals surface area (Å²) in [5, 5.41) is 8.27. The van der Waals surface area contributed by atoms with Crippen molar-refractivity contribution in [3.8, 4) is 6.07 Å². The molecule has 0 aliphatic rings. The molecular formula is C7H6BrN3. The summed E-state index contributed by atoms with van der Waals surface area (Å²) in [4.78, 5) is 8.01. The van der Waals surface area contributed by atoms with E-state index in [1.807, 2.05) is 6.07 Å². The van der Waals surface area contributed by atoms with Gasteiger partial charge in [-0.25, -0.2) is 9.97 Å². The van der Waals surface area contributed by atoms with Crippen molar-refractivity contribution in [2.24, 2.45) is 0 Å². The number of halogens is 1. The SMILES string of the molecule is N#CCCc1ncc(Br)cn1. The quantitative estimate of drug-likeness (QED) is 0.749. The number of rotatable bonds is 2. The van der Waals surface area contributed by atoms with E-state index >= 15 is 0 Å². The topological polar surface area (TPSA) is 49.6 Å². The largest absolute Gasteiger partial charge is 0.240 e. The molecule has 0 spiro atoms. The molecular weight excluding hydrogens is 206 g/mol. The van der Waals surface area contributed by atoms with Crippen molar-refractivity contribution in [1.29, 1.82) is 5.26 Å². The highest BCUT2D eigenvalue weighted by atomic mass is 79.9. The molecule has 1 aromatic heterocycles. The van der Waals surface area contributed by atoms with Gasteiger partial charge in [0.1, 0.15) is 5.82 Å². The van der Waals surface area contributed by atoms with E-state index in [1.165, 1.54) is 0 Å². The van der Waals surface area contributed by atoms with Gasteiger partial charge in [0.2, 0.25) is 0 Å². The van der Waals surface area contributed by atoms with Gasteiger partial charge in [0.25, 0.3) is 0 Å². The second-order valence-corrected chi connectivity index (χ2v) is 2.89. The van der Waals surface area contributed by atoms with Crippen molar-refractivity contribution in [1.82, 2.24) is 9.97 Å². The average molecular weight is 212 g/mol. The number of nitriles is 1. The van der Waals surface area contributed by atoms with Gasteiger partial charge in [-0.05, 0) is 15.9 Å². The first-order chi connectivity index (χ1) is 5.33. The Kier molecular flexibility index (Phi) is 2.99. The zero-order valence-corrected chi connectivity index (χ0v) is 7.37. The van der Waals surface area contributed by atoms with Gasteiger partial charge in [0.15, 0.2) is 0 Å². The smallest absolute Gasteiger partial charge is 0.129 e. The van der Waals surface area contributed by atoms with Gasteiger partial charge >= 0.3 is 0 Å². The van der Waals surface area contributed by atoms with Crippen LogP contribution in [0.25, 0.3) is 0 Å². The number of nitrogens with zero attached hydrogens (tertiary/aromatic N) is 3. The molecule has 0 amide bonds. The number of aryl methyl sites for hydroxylation is 1. The Morgan fingerprint density at radius 1 is 1.45 bits per heavy atom. The Bertz CT molecular complexity index is 262. The van der Waals surface area contributed by atoms with Crippen molar-refractivity contribution >= 4 is 15.9 Å². The van der Waals surface area contributed by atoms with Crippen LogP contribution in [0.2, 0.25) is 0 Å². The molecule has 0 aliphatic carbocycles. The molecule has 1 rings (SSSR count). The summed E-state index contributed by atoms with van der Waals surface area (Å²) in [6.45, 7) is 0. The summed E-state index contributed by atoms with van der Waals surface area (Å²) >= 11 is 3.22. The summed E-state index contributed by atoms with van der Waals surface area (Å²) in [6, 6.07) is 2.04. The van der Waals surface area contributed by atoms with Crippen LogP contribution in [0.1, 0.15) is 12.2 Å². The first kappa shape index (κ1) is 8.15. The Balaban J connectivity index is 2.60. The van der Waals surface area contributed by atoms with Gasteiger partial charge in [-0.2, -0.15) is 5.26 Å². The summed E-state index contributed by atoms with van der Waals surface area (Å²) < 4.78 is 0.859. The number of hydrogen-bond acceptors (Lipinski definition) is 3. The predicted molar refractivity (Wildman–Crippen MR) is 43.7 cm³/mol. The molecule has 4 heteroatoms. The second kappa shape index (κ2) is 4.04. The number of hydrogen-bond donors (Lipinski definition) is 0. The van der Waals surface area contributed by atoms with Crippen LogP contribution in [0.5, 0.6) is 0 Å². The van der Waals surface area contributed by atoms with Crippen molar-refractivity contribution in [3.05, 3.63) is 22.7 Å². The first-order valence-electron chi connectivity index (χ1n) is 3.16.